The lowest BCUT2D eigenvalue weighted by Crippen LogP contribution is -2.41. The number of imidazole rings is 1. The van der Waals surface area contributed by atoms with Gasteiger partial charge in [0.1, 0.15) is 5.75 Å². The fraction of sp³-hybridized carbons (Fsp3) is 0.522. The minimum absolute atomic E-state index is 0.161. The van der Waals surface area contributed by atoms with Gasteiger partial charge in [-0.1, -0.05) is 26.7 Å². The van der Waals surface area contributed by atoms with E-state index in [1.807, 2.05) is 11.5 Å². The van der Waals surface area contributed by atoms with Crippen molar-refractivity contribution < 1.29 is 10.2 Å². The van der Waals surface area contributed by atoms with Crippen molar-refractivity contribution in [2.45, 2.75) is 78.1 Å². The van der Waals surface area contributed by atoms with E-state index in [0.717, 1.165) is 31.5 Å². The quantitative estimate of drug-likeness (QED) is 0.172. The van der Waals surface area contributed by atoms with Gasteiger partial charge in [-0.05, 0) is 44.9 Å². The molecule has 9 nitrogen and oxygen atoms in total. The Morgan fingerprint density at radius 3 is 2.66 bits per heavy atom. The second-order valence-electron chi connectivity index (χ2n) is 8.71. The van der Waals surface area contributed by atoms with Crippen molar-refractivity contribution in [1.82, 2.24) is 19.5 Å². The molecule has 1 atom stereocenters. The smallest absolute Gasteiger partial charge is 0.227 e. The Hall–Kier alpha value is -3.07. The summed E-state index contributed by atoms with van der Waals surface area (Å²) in [5.74, 6) is 1.13. The third kappa shape index (κ3) is 5.59. The summed E-state index contributed by atoms with van der Waals surface area (Å²) in [6.07, 6.45) is 5.80. The molecule has 0 aliphatic carbocycles. The number of aromatic hydroxyl groups is 1. The van der Waals surface area contributed by atoms with Crippen LogP contribution in [-0.2, 0) is 13.1 Å². The second kappa shape index (κ2) is 10.0. The Morgan fingerprint density at radius 1 is 1.19 bits per heavy atom. The van der Waals surface area contributed by atoms with E-state index in [1.54, 1.807) is 38.4 Å². The van der Waals surface area contributed by atoms with Crippen LogP contribution >= 0.6 is 0 Å². The first kappa shape index (κ1) is 23.6. The van der Waals surface area contributed by atoms with Gasteiger partial charge in [0.15, 0.2) is 17.0 Å². The number of nitrogens with two attached hydrogens (primary N) is 1. The van der Waals surface area contributed by atoms with Crippen LogP contribution in [0.5, 0.6) is 5.75 Å². The van der Waals surface area contributed by atoms with E-state index in [4.69, 9.17) is 10.7 Å². The van der Waals surface area contributed by atoms with Crippen molar-refractivity contribution in [3.8, 4) is 5.75 Å². The fourth-order valence-electron chi connectivity index (χ4n) is 3.69. The van der Waals surface area contributed by atoms with Crippen molar-refractivity contribution in [2.75, 3.05) is 16.4 Å². The van der Waals surface area contributed by atoms with Crippen LogP contribution in [-0.4, -0.2) is 41.4 Å². The molecule has 3 rings (SSSR count). The summed E-state index contributed by atoms with van der Waals surface area (Å²) in [5.41, 5.74) is 7.56. The normalized spacial score (nSPS) is 12.8. The van der Waals surface area contributed by atoms with Crippen LogP contribution in [0, 0.1) is 0 Å². The molecular formula is C23H35N7O2. The van der Waals surface area contributed by atoms with Gasteiger partial charge in [-0.25, -0.2) is 4.98 Å². The number of rotatable bonds is 11. The van der Waals surface area contributed by atoms with E-state index in [9.17, 15) is 10.2 Å². The lowest BCUT2D eigenvalue weighted by Gasteiger charge is -2.29. The number of aromatic nitrogens is 4. The number of hydrogen-bond donors (Lipinski definition) is 5. The number of hydrogen-bond acceptors (Lipinski definition) is 8. The van der Waals surface area contributed by atoms with Gasteiger partial charge < -0.3 is 31.1 Å². The Kier molecular flexibility index (Phi) is 7.40. The highest BCUT2D eigenvalue weighted by Gasteiger charge is 2.26. The van der Waals surface area contributed by atoms with Crippen LogP contribution in [0.3, 0.4) is 0 Å². The van der Waals surface area contributed by atoms with Crippen molar-refractivity contribution >= 4 is 28.6 Å². The number of nitrogens with one attached hydrogen (secondary N) is 2. The Bertz CT molecular complexity index is 1040. The van der Waals surface area contributed by atoms with Crippen LogP contribution in [0.1, 0.15) is 58.9 Å². The summed E-state index contributed by atoms with van der Waals surface area (Å²) in [5, 5.41) is 27.2. The van der Waals surface area contributed by atoms with E-state index in [0.29, 0.717) is 41.5 Å². The SMILES string of the molecule is CCCCCn1cnc2c(NCc3cc(N)ccc3O)nc(NC(CC)C(C)(C)O)nc21. The molecule has 1 unspecified atom stereocenters. The highest BCUT2D eigenvalue weighted by atomic mass is 16.3. The van der Waals surface area contributed by atoms with Crippen LogP contribution < -0.4 is 16.4 Å². The second-order valence-corrected chi connectivity index (χ2v) is 8.71. The predicted molar refractivity (Wildman–Crippen MR) is 129 cm³/mol. The van der Waals surface area contributed by atoms with Gasteiger partial charge in [-0.3, -0.25) is 0 Å². The molecule has 0 bridgehead atoms. The van der Waals surface area contributed by atoms with Crippen LogP contribution in [0.15, 0.2) is 24.5 Å². The van der Waals surface area contributed by atoms with Gasteiger partial charge in [-0.2, -0.15) is 9.97 Å². The highest BCUT2D eigenvalue weighted by molar-refractivity contribution is 5.84. The van der Waals surface area contributed by atoms with Gasteiger partial charge in [0.2, 0.25) is 5.95 Å². The summed E-state index contributed by atoms with van der Waals surface area (Å²) in [6, 6.07) is 4.74. The molecule has 9 heteroatoms. The van der Waals surface area contributed by atoms with E-state index < -0.39 is 5.60 Å². The minimum atomic E-state index is -0.935. The molecule has 0 aliphatic rings. The molecule has 2 aromatic heterocycles. The number of unbranched alkanes of at least 4 members (excludes halogenated alkanes) is 2. The van der Waals surface area contributed by atoms with Crippen LogP contribution in [0.2, 0.25) is 0 Å². The number of anilines is 3. The molecule has 0 saturated heterocycles. The monoisotopic (exact) mass is 441 g/mol. The summed E-state index contributed by atoms with van der Waals surface area (Å²) in [6.45, 7) is 8.86. The Morgan fingerprint density at radius 2 is 1.97 bits per heavy atom. The maximum atomic E-state index is 10.5. The standard InChI is InChI=1S/C23H35N7O2/c1-5-7-8-11-30-14-26-19-20(25-13-15-12-16(24)9-10-17(15)31)28-22(29-21(19)30)27-18(6-2)23(3,4)32/h9-10,12,14,18,31-32H,5-8,11,13,24H2,1-4H3,(H2,25,27,28,29). The number of phenols is 1. The molecular weight excluding hydrogens is 406 g/mol. The molecule has 0 amide bonds. The van der Waals surface area contributed by atoms with Crippen LogP contribution in [0.25, 0.3) is 11.2 Å². The number of fused-ring (bicyclic) bond motifs is 1. The van der Waals surface area contributed by atoms with E-state index in [2.05, 4.69) is 27.5 Å². The Labute approximate surface area is 189 Å². The Balaban J connectivity index is 1.96. The minimum Gasteiger partial charge on any atom is -0.508 e. The maximum absolute atomic E-state index is 10.5. The molecule has 6 N–H and O–H groups in total. The van der Waals surface area contributed by atoms with Crippen molar-refractivity contribution in [3.05, 3.63) is 30.1 Å². The fourth-order valence-corrected chi connectivity index (χ4v) is 3.69. The number of nitrogen functional groups attached to an aromatic ring is 1. The maximum Gasteiger partial charge on any atom is 0.227 e. The summed E-state index contributed by atoms with van der Waals surface area (Å²) < 4.78 is 2.03. The number of phenolic OH excluding ortho intramolecular Hbond substituents is 1. The average Bonchev–Trinajstić information content (AvgIpc) is 3.15. The topological polar surface area (TPSA) is 134 Å². The molecule has 3 aromatic rings. The molecule has 0 fully saturated rings. The van der Waals surface area contributed by atoms with Gasteiger partial charge in [-0.15, -0.1) is 0 Å². The first-order valence-electron chi connectivity index (χ1n) is 11.3. The van der Waals surface area contributed by atoms with Gasteiger partial charge in [0.05, 0.1) is 18.0 Å². The van der Waals surface area contributed by atoms with Crippen molar-refractivity contribution in [2.24, 2.45) is 0 Å². The summed E-state index contributed by atoms with van der Waals surface area (Å²) >= 11 is 0. The summed E-state index contributed by atoms with van der Waals surface area (Å²) in [4.78, 5) is 13.9. The third-order valence-electron chi connectivity index (χ3n) is 5.58. The molecule has 0 aliphatic heterocycles. The first-order valence-corrected chi connectivity index (χ1v) is 11.3. The average molecular weight is 442 g/mol. The van der Waals surface area contributed by atoms with E-state index in [1.165, 1.54) is 0 Å². The van der Waals surface area contributed by atoms with Gasteiger partial charge in [0.25, 0.3) is 0 Å². The zero-order chi connectivity index (χ0) is 23.3. The van der Waals surface area contributed by atoms with Crippen molar-refractivity contribution in [1.29, 1.82) is 0 Å². The summed E-state index contributed by atoms with van der Waals surface area (Å²) in [7, 11) is 0. The molecule has 2 heterocycles. The molecule has 1 aromatic carbocycles. The predicted octanol–water partition coefficient (Wildman–Crippen LogP) is 3.88. The molecule has 174 valence electrons. The number of aryl methyl sites for hydroxylation is 1. The molecule has 0 spiro atoms. The lowest BCUT2D eigenvalue weighted by molar-refractivity contribution is 0.0577. The van der Waals surface area contributed by atoms with E-state index >= 15 is 0 Å². The number of benzene rings is 1. The number of aliphatic hydroxyl groups is 1. The third-order valence-corrected chi connectivity index (χ3v) is 5.58. The highest BCUT2D eigenvalue weighted by Crippen LogP contribution is 2.26. The largest absolute Gasteiger partial charge is 0.508 e. The van der Waals surface area contributed by atoms with Crippen LogP contribution in [0.4, 0.5) is 17.5 Å². The van der Waals surface area contributed by atoms with E-state index in [-0.39, 0.29) is 11.8 Å². The first-order chi connectivity index (χ1) is 15.2. The molecule has 32 heavy (non-hydrogen) atoms. The zero-order valence-corrected chi connectivity index (χ0v) is 19.4. The molecule has 0 radical (unpaired) electrons. The molecule has 0 saturated carbocycles. The number of nitrogens with zero attached hydrogens (tertiary/aromatic N) is 4. The lowest BCUT2D eigenvalue weighted by atomic mass is 9.97. The van der Waals surface area contributed by atoms with Gasteiger partial charge in [0, 0.05) is 24.3 Å². The van der Waals surface area contributed by atoms with Gasteiger partial charge >= 0.3 is 0 Å². The van der Waals surface area contributed by atoms with Crippen molar-refractivity contribution in [3.63, 3.8) is 0 Å². The zero-order valence-electron chi connectivity index (χ0n) is 19.4.